The van der Waals surface area contributed by atoms with Crippen LogP contribution in [0.1, 0.15) is 76.4 Å². The molecule has 0 radical (unpaired) electrons. The summed E-state index contributed by atoms with van der Waals surface area (Å²) in [7, 11) is 0. The molecule has 38 heavy (non-hydrogen) atoms. The standard InChI is InChI=1S/C27H25F3N4O3S/c1-3-14(2)37-27(36)22-17-6-4-5-7-21(17)38-26(22)33-25(35)18-13-31-34-20(23(29)30)12-19(32-24(18)34)15-8-10-16(28)11-9-15/h8-14,23H,3-7H2,1-2H3,(H,33,35). The number of ether oxygens (including phenoxy) is 1. The number of hydrogen-bond acceptors (Lipinski definition) is 6. The summed E-state index contributed by atoms with van der Waals surface area (Å²) in [5, 5.41) is 7.15. The SMILES string of the molecule is CCC(C)OC(=O)c1c(NC(=O)c2cnn3c(C(F)F)cc(-c4ccc(F)cc4)nc23)sc2c1CCCC2. The molecule has 1 N–H and O–H groups in total. The van der Waals surface area contributed by atoms with Crippen molar-refractivity contribution in [2.45, 2.75) is 58.5 Å². The van der Waals surface area contributed by atoms with E-state index in [1.165, 1.54) is 41.8 Å². The molecule has 4 aromatic rings. The highest BCUT2D eigenvalue weighted by Crippen LogP contribution is 2.39. The number of fused-ring (bicyclic) bond motifs is 2. The van der Waals surface area contributed by atoms with Crippen molar-refractivity contribution in [1.29, 1.82) is 0 Å². The van der Waals surface area contributed by atoms with Gasteiger partial charge in [-0.3, -0.25) is 4.79 Å². The Kier molecular flexibility index (Phi) is 7.20. The van der Waals surface area contributed by atoms with Gasteiger partial charge in [0, 0.05) is 10.4 Å². The third kappa shape index (κ3) is 4.90. The molecule has 198 valence electrons. The minimum Gasteiger partial charge on any atom is -0.459 e. The third-order valence-electron chi connectivity index (χ3n) is 6.59. The van der Waals surface area contributed by atoms with Crippen molar-refractivity contribution in [3.8, 4) is 11.3 Å². The summed E-state index contributed by atoms with van der Waals surface area (Å²) in [6, 6.07) is 6.41. The molecule has 0 aliphatic heterocycles. The number of carbonyl (C=O) groups is 2. The summed E-state index contributed by atoms with van der Waals surface area (Å²) in [6.45, 7) is 3.72. The molecule has 0 fully saturated rings. The number of aryl methyl sites for hydroxylation is 1. The van der Waals surface area contributed by atoms with Gasteiger partial charge in [0.15, 0.2) is 5.65 Å². The lowest BCUT2D eigenvalue weighted by Gasteiger charge is -2.15. The average Bonchev–Trinajstić information content (AvgIpc) is 3.49. The predicted molar refractivity (Wildman–Crippen MR) is 137 cm³/mol. The molecule has 1 aromatic carbocycles. The summed E-state index contributed by atoms with van der Waals surface area (Å²) in [5.74, 6) is -1.61. The number of esters is 1. The van der Waals surface area contributed by atoms with Crippen molar-refractivity contribution in [1.82, 2.24) is 14.6 Å². The van der Waals surface area contributed by atoms with Gasteiger partial charge in [-0.15, -0.1) is 11.3 Å². The molecule has 3 aromatic heterocycles. The molecule has 0 spiro atoms. The van der Waals surface area contributed by atoms with Crippen LogP contribution in [0.2, 0.25) is 0 Å². The summed E-state index contributed by atoms with van der Waals surface area (Å²) in [4.78, 5) is 32.0. The van der Waals surface area contributed by atoms with Gasteiger partial charge >= 0.3 is 5.97 Å². The monoisotopic (exact) mass is 542 g/mol. The molecule has 3 heterocycles. The maximum atomic E-state index is 13.9. The number of carbonyl (C=O) groups excluding carboxylic acids is 2. The minimum absolute atomic E-state index is 0.0384. The first-order chi connectivity index (χ1) is 18.3. The molecule has 0 saturated heterocycles. The lowest BCUT2D eigenvalue weighted by molar-refractivity contribution is 0.0335. The number of amides is 1. The Balaban J connectivity index is 1.55. The number of benzene rings is 1. The Morgan fingerprint density at radius 1 is 1.18 bits per heavy atom. The highest BCUT2D eigenvalue weighted by atomic mass is 32.1. The largest absolute Gasteiger partial charge is 0.459 e. The Morgan fingerprint density at radius 2 is 1.92 bits per heavy atom. The maximum Gasteiger partial charge on any atom is 0.341 e. The first kappa shape index (κ1) is 25.9. The van der Waals surface area contributed by atoms with Crippen molar-refractivity contribution < 1.29 is 27.5 Å². The quantitative estimate of drug-likeness (QED) is 0.265. The van der Waals surface area contributed by atoms with E-state index in [-0.39, 0.29) is 23.0 Å². The number of hydrogen-bond donors (Lipinski definition) is 1. The fraction of sp³-hybridized carbons (Fsp3) is 0.333. The van der Waals surface area contributed by atoms with Crippen molar-refractivity contribution >= 4 is 33.9 Å². The van der Waals surface area contributed by atoms with Crippen LogP contribution in [0.4, 0.5) is 18.2 Å². The number of anilines is 1. The summed E-state index contributed by atoms with van der Waals surface area (Å²) < 4.78 is 47.8. The summed E-state index contributed by atoms with van der Waals surface area (Å²) in [6.07, 6.45) is 2.07. The van der Waals surface area contributed by atoms with E-state index in [1.54, 1.807) is 6.92 Å². The number of rotatable bonds is 7. The normalized spacial score (nSPS) is 13.9. The van der Waals surface area contributed by atoms with Crippen LogP contribution in [0.25, 0.3) is 16.9 Å². The van der Waals surface area contributed by atoms with Gasteiger partial charge in [0.1, 0.15) is 22.1 Å². The number of nitrogens with one attached hydrogen (secondary N) is 1. The van der Waals surface area contributed by atoms with Gasteiger partial charge in [0.05, 0.1) is 23.6 Å². The molecule has 0 bridgehead atoms. The van der Waals surface area contributed by atoms with Crippen LogP contribution >= 0.6 is 11.3 Å². The van der Waals surface area contributed by atoms with E-state index in [2.05, 4.69) is 15.4 Å². The number of aromatic nitrogens is 3. The van der Waals surface area contributed by atoms with Crippen LogP contribution in [0.3, 0.4) is 0 Å². The lowest BCUT2D eigenvalue weighted by atomic mass is 9.95. The fourth-order valence-electron chi connectivity index (χ4n) is 4.44. The molecular weight excluding hydrogens is 517 g/mol. The average molecular weight is 543 g/mol. The predicted octanol–water partition coefficient (Wildman–Crippen LogP) is 6.62. The lowest BCUT2D eigenvalue weighted by Crippen LogP contribution is -2.19. The van der Waals surface area contributed by atoms with Gasteiger partial charge in [0.25, 0.3) is 12.3 Å². The number of thiophene rings is 1. The Hall–Kier alpha value is -3.73. The topological polar surface area (TPSA) is 85.6 Å². The zero-order chi connectivity index (χ0) is 27.0. The third-order valence-corrected chi connectivity index (χ3v) is 7.80. The van der Waals surface area contributed by atoms with Crippen LogP contribution in [0, 0.1) is 5.82 Å². The second kappa shape index (κ2) is 10.6. The molecule has 0 saturated carbocycles. The van der Waals surface area contributed by atoms with Gasteiger partial charge in [0.2, 0.25) is 0 Å². The zero-order valence-electron chi connectivity index (χ0n) is 20.8. The van der Waals surface area contributed by atoms with E-state index in [0.29, 0.717) is 29.0 Å². The number of alkyl halides is 2. The summed E-state index contributed by atoms with van der Waals surface area (Å²) >= 11 is 1.33. The Labute approximate surface area is 220 Å². The van der Waals surface area contributed by atoms with E-state index < -0.39 is 29.8 Å². The summed E-state index contributed by atoms with van der Waals surface area (Å²) in [5.41, 5.74) is 1.21. The molecule has 5 rings (SSSR count). The van der Waals surface area contributed by atoms with Gasteiger partial charge in [-0.25, -0.2) is 27.5 Å². The molecule has 11 heteroatoms. The van der Waals surface area contributed by atoms with Gasteiger partial charge in [-0.1, -0.05) is 6.92 Å². The minimum atomic E-state index is -2.90. The van der Waals surface area contributed by atoms with E-state index in [0.717, 1.165) is 40.3 Å². The second-order valence-electron chi connectivity index (χ2n) is 9.16. The highest BCUT2D eigenvalue weighted by Gasteiger charge is 2.29. The zero-order valence-corrected chi connectivity index (χ0v) is 21.6. The van der Waals surface area contributed by atoms with Crippen molar-refractivity contribution in [3.05, 3.63) is 69.6 Å². The van der Waals surface area contributed by atoms with Crippen LogP contribution in [0.5, 0.6) is 0 Å². The Bertz CT molecular complexity index is 1510. The van der Waals surface area contributed by atoms with Crippen molar-refractivity contribution in [3.63, 3.8) is 0 Å². The van der Waals surface area contributed by atoms with Gasteiger partial charge < -0.3 is 10.1 Å². The van der Waals surface area contributed by atoms with Crippen LogP contribution in [0.15, 0.2) is 36.5 Å². The van der Waals surface area contributed by atoms with Crippen LogP contribution < -0.4 is 5.32 Å². The maximum absolute atomic E-state index is 13.9. The molecule has 1 amide bonds. The van der Waals surface area contributed by atoms with Gasteiger partial charge in [-0.05, 0) is 74.9 Å². The van der Waals surface area contributed by atoms with E-state index >= 15 is 0 Å². The first-order valence-electron chi connectivity index (χ1n) is 12.4. The molecule has 1 unspecified atom stereocenters. The van der Waals surface area contributed by atoms with Crippen LogP contribution in [-0.2, 0) is 17.6 Å². The molecule has 1 aliphatic carbocycles. The Morgan fingerprint density at radius 3 is 2.63 bits per heavy atom. The first-order valence-corrected chi connectivity index (χ1v) is 13.2. The van der Waals surface area contributed by atoms with E-state index in [9.17, 15) is 22.8 Å². The van der Waals surface area contributed by atoms with E-state index in [4.69, 9.17) is 4.74 Å². The highest BCUT2D eigenvalue weighted by molar-refractivity contribution is 7.17. The van der Waals surface area contributed by atoms with E-state index in [1.807, 2.05) is 6.92 Å². The smallest absolute Gasteiger partial charge is 0.341 e. The van der Waals surface area contributed by atoms with Crippen molar-refractivity contribution in [2.24, 2.45) is 0 Å². The molecular formula is C27H25F3N4O3S. The molecule has 1 atom stereocenters. The number of nitrogens with zero attached hydrogens (tertiary/aromatic N) is 3. The fourth-order valence-corrected chi connectivity index (χ4v) is 5.71. The molecule has 1 aliphatic rings. The van der Waals surface area contributed by atoms with Crippen LogP contribution in [-0.4, -0.2) is 32.6 Å². The molecule has 7 nitrogen and oxygen atoms in total. The van der Waals surface area contributed by atoms with Crippen molar-refractivity contribution in [2.75, 3.05) is 5.32 Å². The number of halogens is 3. The second-order valence-corrected chi connectivity index (χ2v) is 10.3. The van der Waals surface area contributed by atoms with Gasteiger partial charge in [-0.2, -0.15) is 5.10 Å².